The Morgan fingerprint density at radius 3 is 2.35 bits per heavy atom. The minimum absolute atomic E-state index is 0.0959. The van der Waals surface area contributed by atoms with Gasteiger partial charge in [-0.05, 0) is 37.5 Å². The summed E-state index contributed by atoms with van der Waals surface area (Å²) < 4.78 is 13.4. The molecule has 0 saturated carbocycles. The van der Waals surface area contributed by atoms with Crippen LogP contribution in [0.15, 0.2) is 42.9 Å². The average Bonchev–Trinajstić information content (AvgIpc) is 2.79. The summed E-state index contributed by atoms with van der Waals surface area (Å²) in [6.45, 7) is 3.07. The SMILES string of the molecule is Cc1cnc(C(=O)N2CCC(c3nc(N(C)C)ncc3-c3ccc(F)cc3)CC2)cn1. The third kappa shape index (κ3) is 4.52. The lowest BCUT2D eigenvalue weighted by molar-refractivity contribution is 0.0705. The van der Waals surface area contributed by atoms with Crippen molar-refractivity contribution >= 4 is 11.9 Å². The number of aryl methyl sites for hydroxylation is 1. The molecule has 1 aliphatic rings. The Kier molecular flexibility index (Phi) is 5.88. The van der Waals surface area contributed by atoms with Gasteiger partial charge in [0, 0.05) is 51.1 Å². The molecule has 1 amide bonds. The highest BCUT2D eigenvalue weighted by Crippen LogP contribution is 2.35. The van der Waals surface area contributed by atoms with Crippen LogP contribution in [0.4, 0.5) is 10.3 Å². The van der Waals surface area contributed by atoms with Crippen LogP contribution in [0, 0.1) is 12.7 Å². The zero-order valence-electron chi connectivity index (χ0n) is 17.9. The van der Waals surface area contributed by atoms with E-state index in [-0.39, 0.29) is 17.6 Å². The Morgan fingerprint density at radius 1 is 1.03 bits per heavy atom. The van der Waals surface area contributed by atoms with Crippen molar-refractivity contribution in [3.63, 3.8) is 0 Å². The summed E-state index contributed by atoms with van der Waals surface area (Å²) in [4.78, 5) is 34.1. The van der Waals surface area contributed by atoms with Gasteiger partial charge < -0.3 is 9.80 Å². The van der Waals surface area contributed by atoms with Gasteiger partial charge >= 0.3 is 0 Å². The first kappa shape index (κ1) is 20.8. The van der Waals surface area contributed by atoms with Gasteiger partial charge in [0.25, 0.3) is 5.91 Å². The van der Waals surface area contributed by atoms with Gasteiger partial charge in [-0.1, -0.05) is 12.1 Å². The van der Waals surface area contributed by atoms with Gasteiger partial charge in [0.2, 0.25) is 5.95 Å². The van der Waals surface area contributed by atoms with Gasteiger partial charge in [0.05, 0.1) is 17.6 Å². The number of halogens is 1. The Morgan fingerprint density at radius 2 is 1.74 bits per heavy atom. The lowest BCUT2D eigenvalue weighted by Gasteiger charge is -2.32. The molecular weight excluding hydrogens is 395 g/mol. The molecule has 1 fully saturated rings. The molecule has 1 aromatic carbocycles. The topological polar surface area (TPSA) is 75.1 Å². The monoisotopic (exact) mass is 420 g/mol. The van der Waals surface area contributed by atoms with Gasteiger partial charge in [-0.25, -0.2) is 19.3 Å². The Hall–Kier alpha value is -3.42. The van der Waals surface area contributed by atoms with E-state index in [1.54, 1.807) is 18.3 Å². The molecule has 0 unspecified atom stereocenters. The summed E-state index contributed by atoms with van der Waals surface area (Å²) in [7, 11) is 3.81. The summed E-state index contributed by atoms with van der Waals surface area (Å²) >= 11 is 0. The summed E-state index contributed by atoms with van der Waals surface area (Å²) in [5.74, 6) is 0.438. The molecule has 2 aromatic heterocycles. The van der Waals surface area contributed by atoms with Crippen molar-refractivity contribution in [2.75, 3.05) is 32.1 Å². The lowest BCUT2D eigenvalue weighted by Crippen LogP contribution is -2.38. The lowest BCUT2D eigenvalue weighted by atomic mass is 9.89. The number of aromatic nitrogens is 4. The maximum Gasteiger partial charge on any atom is 0.274 e. The molecule has 31 heavy (non-hydrogen) atoms. The second-order valence-corrected chi connectivity index (χ2v) is 7.98. The van der Waals surface area contributed by atoms with Crippen molar-refractivity contribution in [3.8, 4) is 11.1 Å². The molecule has 160 valence electrons. The quantitative estimate of drug-likeness (QED) is 0.643. The van der Waals surface area contributed by atoms with Crippen molar-refractivity contribution < 1.29 is 9.18 Å². The van der Waals surface area contributed by atoms with Crippen LogP contribution < -0.4 is 4.90 Å². The fourth-order valence-corrected chi connectivity index (χ4v) is 3.78. The number of benzene rings is 1. The predicted molar refractivity (Wildman–Crippen MR) is 116 cm³/mol. The highest BCUT2D eigenvalue weighted by molar-refractivity contribution is 5.92. The summed E-state index contributed by atoms with van der Waals surface area (Å²) in [6.07, 6.45) is 6.51. The molecular formula is C23H25FN6O. The van der Waals surface area contributed by atoms with E-state index >= 15 is 0 Å². The minimum Gasteiger partial charge on any atom is -0.347 e. The molecule has 0 aliphatic carbocycles. The summed E-state index contributed by atoms with van der Waals surface area (Å²) in [5.41, 5.74) is 3.87. The summed E-state index contributed by atoms with van der Waals surface area (Å²) in [6, 6.07) is 6.40. The molecule has 8 heteroatoms. The zero-order valence-corrected chi connectivity index (χ0v) is 17.9. The first-order valence-electron chi connectivity index (χ1n) is 10.3. The Bertz CT molecular complexity index is 1060. The second-order valence-electron chi connectivity index (χ2n) is 7.98. The number of hydrogen-bond acceptors (Lipinski definition) is 6. The Balaban J connectivity index is 1.56. The average molecular weight is 420 g/mol. The highest BCUT2D eigenvalue weighted by atomic mass is 19.1. The second kappa shape index (κ2) is 8.75. The van der Waals surface area contributed by atoms with E-state index in [9.17, 15) is 9.18 Å². The van der Waals surface area contributed by atoms with E-state index in [2.05, 4.69) is 15.0 Å². The third-order valence-corrected chi connectivity index (χ3v) is 5.53. The summed E-state index contributed by atoms with van der Waals surface area (Å²) in [5, 5.41) is 0. The molecule has 0 N–H and O–H groups in total. The fourth-order valence-electron chi connectivity index (χ4n) is 3.78. The van der Waals surface area contributed by atoms with Crippen molar-refractivity contribution in [1.82, 2.24) is 24.8 Å². The van der Waals surface area contributed by atoms with Gasteiger partial charge in [0.1, 0.15) is 11.5 Å². The maximum absolute atomic E-state index is 13.4. The molecule has 4 rings (SSSR count). The van der Waals surface area contributed by atoms with E-state index in [1.165, 1.54) is 18.3 Å². The standard InChI is InChI=1S/C23H25FN6O/c1-15-12-26-20(14-25-15)22(31)30-10-8-17(9-11-30)21-19(13-27-23(28-21)29(2)3)16-4-6-18(24)7-5-16/h4-7,12-14,17H,8-11H2,1-3H3. The molecule has 1 saturated heterocycles. The molecule has 0 spiro atoms. The molecule has 0 atom stereocenters. The van der Waals surface area contributed by atoms with Crippen LogP contribution >= 0.6 is 0 Å². The van der Waals surface area contributed by atoms with E-state index in [0.717, 1.165) is 35.4 Å². The zero-order chi connectivity index (χ0) is 22.0. The van der Waals surface area contributed by atoms with Crippen LogP contribution in [0.1, 0.15) is 40.6 Å². The Labute approximate surface area is 181 Å². The number of hydrogen-bond donors (Lipinski definition) is 0. The van der Waals surface area contributed by atoms with Gasteiger partial charge in [-0.2, -0.15) is 0 Å². The predicted octanol–water partition coefficient (Wildman–Crippen LogP) is 3.47. The molecule has 1 aliphatic heterocycles. The van der Waals surface area contributed by atoms with Crippen LogP contribution in [0.25, 0.3) is 11.1 Å². The first-order valence-corrected chi connectivity index (χ1v) is 10.3. The van der Waals surface area contributed by atoms with E-state index in [1.807, 2.05) is 37.0 Å². The highest BCUT2D eigenvalue weighted by Gasteiger charge is 2.28. The van der Waals surface area contributed by atoms with Gasteiger partial charge in [0.15, 0.2) is 0 Å². The molecule has 0 bridgehead atoms. The number of nitrogens with zero attached hydrogens (tertiary/aromatic N) is 6. The van der Waals surface area contributed by atoms with Crippen molar-refractivity contribution in [1.29, 1.82) is 0 Å². The molecule has 3 aromatic rings. The fraction of sp³-hybridized carbons (Fsp3) is 0.348. The third-order valence-electron chi connectivity index (χ3n) is 5.53. The molecule has 7 nitrogen and oxygen atoms in total. The van der Waals surface area contributed by atoms with Gasteiger partial charge in [-0.3, -0.25) is 9.78 Å². The number of likely N-dealkylation sites (tertiary alicyclic amines) is 1. The minimum atomic E-state index is -0.276. The smallest absolute Gasteiger partial charge is 0.274 e. The van der Waals surface area contributed by atoms with Crippen molar-refractivity contribution in [3.05, 3.63) is 65.8 Å². The normalized spacial score (nSPS) is 14.5. The van der Waals surface area contributed by atoms with Crippen molar-refractivity contribution in [2.24, 2.45) is 0 Å². The van der Waals surface area contributed by atoms with Crippen LogP contribution in [-0.4, -0.2) is 57.9 Å². The number of amides is 1. The molecule has 3 heterocycles. The van der Waals surface area contributed by atoms with Crippen LogP contribution in [-0.2, 0) is 0 Å². The first-order chi connectivity index (χ1) is 14.9. The van der Waals surface area contributed by atoms with E-state index in [0.29, 0.717) is 24.7 Å². The number of anilines is 1. The number of piperidine rings is 1. The molecule has 0 radical (unpaired) electrons. The number of rotatable bonds is 4. The van der Waals surface area contributed by atoms with Crippen molar-refractivity contribution in [2.45, 2.75) is 25.7 Å². The number of carbonyl (C=O) groups excluding carboxylic acids is 1. The van der Waals surface area contributed by atoms with Crippen LogP contribution in [0.5, 0.6) is 0 Å². The number of carbonyl (C=O) groups is 1. The van der Waals surface area contributed by atoms with Crippen LogP contribution in [0.3, 0.4) is 0 Å². The van der Waals surface area contributed by atoms with Gasteiger partial charge in [-0.15, -0.1) is 0 Å². The van der Waals surface area contributed by atoms with Crippen LogP contribution in [0.2, 0.25) is 0 Å². The maximum atomic E-state index is 13.4. The van der Waals surface area contributed by atoms with E-state index in [4.69, 9.17) is 4.98 Å². The largest absolute Gasteiger partial charge is 0.347 e. The van der Waals surface area contributed by atoms with E-state index < -0.39 is 0 Å².